The van der Waals surface area contributed by atoms with Gasteiger partial charge in [0, 0.05) is 11.6 Å². The maximum atomic E-state index is 14.4. The summed E-state index contributed by atoms with van der Waals surface area (Å²) in [7, 11) is 0. The summed E-state index contributed by atoms with van der Waals surface area (Å²) in [6, 6.07) is 19.5. The van der Waals surface area contributed by atoms with Crippen LogP contribution < -0.4 is 10.1 Å². The molecule has 132 valence electrons. The first-order chi connectivity index (χ1) is 12.5. The summed E-state index contributed by atoms with van der Waals surface area (Å²) in [6.07, 6.45) is -0.856. The molecule has 1 amide bonds. The van der Waals surface area contributed by atoms with Gasteiger partial charge in [0.05, 0.1) is 5.69 Å². The molecule has 0 bridgehead atoms. The van der Waals surface area contributed by atoms with Crippen molar-refractivity contribution in [3.8, 4) is 16.9 Å². The second-order valence-corrected chi connectivity index (χ2v) is 5.74. The largest absolute Gasteiger partial charge is 0.481 e. The van der Waals surface area contributed by atoms with Gasteiger partial charge in [-0.2, -0.15) is 0 Å². The molecule has 0 aliphatic heterocycles. The Hall–Kier alpha value is -3.21. The van der Waals surface area contributed by atoms with E-state index in [2.05, 4.69) is 5.32 Å². The molecule has 0 aromatic heterocycles. The van der Waals surface area contributed by atoms with Gasteiger partial charge < -0.3 is 10.1 Å². The molecular formula is C21H17F2NO2. The zero-order chi connectivity index (χ0) is 18.5. The van der Waals surface area contributed by atoms with Crippen molar-refractivity contribution in [1.82, 2.24) is 0 Å². The van der Waals surface area contributed by atoms with Crippen molar-refractivity contribution in [1.29, 1.82) is 0 Å². The molecular weight excluding hydrogens is 336 g/mol. The zero-order valence-corrected chi connectivity index (χ0v) is 14.1. The molecule has 0 aliphatic carbocycles. The smallest absolute Gasteiger partial charge is 0.265 e. The van der Waals surface area contributed by atoms with Crippen LogP contribution in [0.1, 0.15) is 6.92 Å². The number of benzene rings is 3. The molecule has 0 saturated carbocycles. The number of amides is 1. The van der Waals surface area contributed by atoms with Crippen LogP contribution in [0.5, 0.6) is 5.75 Å². The maximum absolute atomic E-state index is 14.4. The minimum absolute atomic E-state index is 0.0777. The lowest BCUT2D eigenvalue weighted by atomic mass is 10.0. The normalized spacial score (nSPS) is 11.7. The van der Waals surface area contributed by atoms with Crippen LogP contribution in [-0.2, 0) is 4.79 Å². The average Bonchev–Trinajstić information content (AvgIpc) is 2.65. The topological polar surface area (TPSA) is 38.3 Å². The van der Waals surface area contributed by atoms with E-state index >= 15 is 0 Å². The van der Waals surface area contributed by atoms with E-state index in [1.807, 2.05) is 6.07 Å². The summed E-state index contributed by atoms with van der Waals surface area (Å²) >= 11 is 0. The van der Waals surface area contributed by atoms with Gasteiger partial charge in [-0.25, -0.2) is 8.78 Å². The molecule has 3 aromatic rings. The van der Waals surface area contributed by atoms with Gasteiger partial charge in [-0.05, 0) is 30.7 Å². The van der Waals surface area contributed by atoms with E-state index in [1.54, 1.807) is 61.5 Å². The Bertz CT molecular complexity index is 899. The molecule has 0 saturated heterocycles. The monoisotopic (exact) mass is 353 g/mol. The third-order valence-electron chi connectivity index (χ3n) is 3.81. The number of halogens is 2. The van der Waals surface area contributed by atoms with Crippen molar-refractivity contribution in [2.45, 2.75) is 13.0 Å². The van der Waals surface area contributed by atoms with Crippen molar-refractivity contribution in [2.24, 2.45) is 0 Å². The highest BCUT2D eigenvalue weighted by Crippen LogP contribution is 2.31. The van der Waals surface area contributed by atoms with E-state index in [1.165, 1.54) is 6.07 Å². The van der Waals surface area contributed by atoms with Crippen molar-refractivity contribution in [3.63, 3.8) is 0 Å². The van der Waals surface area contributed by atoms with Crippen LogP contribution in [0.15, 0.2) is 72.8 Å². The van der Waals surface area contributed by atoms with Gasteiger partial charge in [-0.1, -0.05) is 48.5 Å². The van der Waals surface area contributed by atoms with Gasteiger partial charge in [0.1, 0.15) is 17.4 Å². The molecule has 26 heavy (non-hydrogen) atoms. The number of ether oxygens (including phenoxy) is 1. The molecule has 5 heteroatoms. The third-order valence-corrected chi connectivity index (χ3v) is 3.81. The number of carbonyl (C=O) groups excluding carboxylic acids is 1. The van der Waals surface area contributed by atoms with Crippen LogP contribution in [0.2, 0.25) is 0 Å². The summed E-state index contributed by atoms with van der Waals surface area (Å²) in [5.74, 6) is -1.56. The van der Waals surface area contributed by atoms with Crippen molar-refractivity contribution < 1.29 is 18.3 Å². The van der Waals surface area contributed by atoms with Gasteiger partial charge in [0.15, 0.2) is 6.10 Å². The van der Waals surface area contributed by atoms with Gasteiger partial charge in [-0.3, -0.25) is 4.79 Å². The van der Waals surface area contributed by atoms with Crippen molar-refractivity contribution in [3.05, 3.63) is 84.4 Å². The number of anilines is 1. The lowest BCUT2D eigenvalue weighted by molar-refractivity contribution is -0.122. The van der Waals surface area contributed by atoms with E-state index in [9.17, 15) is 13.6 Å². The number of para-hydroxylation sites is 1. The number of nitrogens with one attached hydrogen (secondary N) is 1. The Kier molecular flexibility index (Phi) is 5.27. The van der Waals surface area contributed by atoms with Crippen LogP contribution in [0.4, 0.5) is 14.5 Å². The fourth-order valence-electron chi connectivity index (χ4n) is 2.53. The number of hydrogen-bond donors (Lipinski definition) is 1. The van der Waals surface area contributed by atoms with Gasteiger partial charge in [0.25, 0.3) is 5.91 Å². The lowest BCUT2D eigenvalue weighted by Gasteiger charge is -2.17. The Morgan fingerprint density at radius 2 is 1.58 bits per heavy atom. The first-order valence-corrected chi connectivity index (χ1v) is 8.11. The van der Waals surface area contributed by atoms with Crippen molar-refractivity contribution in [2.75, 3.05) is 5.32 Å². The van der Waals surface area contributed by atoms with Crippen LogP contribution in [-0.4, -0.2) is 12.0 Å². The van der Waals surface area contributed by atoms with E-state index in [0.717, 1.165) is 6.07 Å². The zero-order valence-electron chi connectivity index (χ0n) is 14.1. The third kappa shape index (κ3) is 4.06. The molecule has 0 aliphatic rings. The SMILES string of the molecule is CC(Oc1ccccc1)C(=O)Nc1c(F)cc(F)cc1-c1ccccc1. The summed E-state index contributed by atoms with van der Waals surface area (Å²) < 4.78 is 33.6. The first kappa shape index (κ1) is 17.6. The Morgan fingerprint density at radius 1 is 0.962 bits per heavy atom. The van der Waals surface area contributed by atoms with Crippen molar-refractivity contribution >= 4 is 11.6 Å². The van der Waals surface area contributed by atoms with E-state index in [4.69, 9.17) is 4.74 Å². The predicted octanol–water partition coefficient (Wildman–Crippen LogP) is 5.04. The van der Waals surface area contributed by atoms with Crippen LogP contribution in [0, 0.1) is 11.6 Å². The summed E-state index contributed by atoms with van der Waals surface area (Å²) in [6.45, 7) is 1.56. The van der Waals surface area contributed by atoms with Crippen LogP contribution in [0.3, 0.4) is 0 Å². The van der Waals surface area contributed by atoms with E-state index < -0.39 is 23.6 Å². The summed E-state index contributed by atoms with van der Waals surface area (Å²) in [4.78, 5) is 12.4. The number of rotatable bonds is 5. The molecule has 1 N–H and O–H groups in total. The summed E-state index contributed by atoms with van der Waals surface area (Å²) in [5, 5.41) is 2.52. The Labute approximate surface area is 150 Å². The molecule has 3 rings (SSSR count). The fraction of sp³-hybridized carbons (Fsp3) is 0.0952. The molecule has 3 nitrogen and oxygen atoms in total. The highest BCUT2D eigenvalue weighted by atomic mass is 19.1. The van der Waals surface area contributed by atoms with Gasteiger partial charge >= 0.3 is 0 Å². The predicted molar refractivity (Wildman–Crippen MR) is 97.0 cm³/mol. The van der Waals surface area contributed by atoms with Gasteiger partial charge in [-0.15, -0.1) is 0 Å². The van der Waals surface area contributed by atoms with Crippen LogP contribution >= 0.6 is 0 Å². The van der Waals surface area contributed by atoms with Gasteiger partial charge in [0.2, 0.25) is 0 Å². The Morgan fingerprint density at radius 3 is 2.23 bits per heavy atom. The minimum atomic E-state index is -0.856. The highest BCUT2D eigenvalue weighted by molar-refractivity contribution is 5.98. The molecule has 0 radical (unpaired) electrons. The summed E-state index contributed by atoms with van der Waals surface area (Å²) in [5.41, 5.74) is 0.785. The number of hydrogen-bond acceptors (Lipinski definition) is 2. The maximum Gasteiger partial charge on any atom is 0.265 e. The molecule has 0 spiro atoms. The fourth-order valence-corrected chi connectivity index (χ4v) is 2.53. The number of carbonyl (C=O) groups is 1. The average molecular weight is 353 g/mol. The van der Waals surface area contributed by atoms with E-state index in [0.29, 0.717) is 11.3 Å². The Balaban J connectivity index is 1.86. The van der Waals surface area contributed by atoms with Crippen LogP contribution in [0.25, 0.3) is 11.1 Å². The first-order valence-electron chi connectivity index (χ1n) is 8.11. The second kappa shape index (κ2) is 7.78. The molecule has 3 aromatic carbocycles. The molecule has 0 heterocycles. The minimum Gasteiger partial charge on any atom is -0.481 e. The molecule has 1 unspecified atom stereocenters. The quantitative estimate of drug-likeness (QED) is 0.698. The highest BCUT2D eigenvalue weighted by Gasteiger charge is 2.20. The molecule has 0 fully saturated rings. The second-order valence-electron chi connectivity index (χ2n) is 5.74. The molecule has 1 atom stereocenters. The lowest BCUT2D eigenvalue weighted by Crippen LogP contribution is -2.30. The standard InChI is InChI=1S/C21H17F2NO2/c1-14(26-17-10-6-3-7-11-17)21(25)24-20-18(12-16(22)13-19(20)23)15-8-4-2-5-9-15/h2-14H,1H3,(H,24,25). The van der Waals surface area contributed by atoms with E-state index in [-0.39, 0.29) is 11.3 Å².